The van der Waals surface area contributed by atoms with E-state index < -0.39 is 10.0 Å². The fourth-order valence-electron chi connectivity index (χ4n) is 2.36. The molecule has 0 aliphatic heterocycles. The number of methoxy groups -OCH3 is 1. The number of ether oxygens (including phenoxy) is 1. The van der Waals surface area contributed by atoms with Crippen LogP contribution in [0.1, 0.15) is 11.4 Å². The molecule has 0 aliphatic carbocycles. The quantitative estimate of drug-likeness (QED) is 0.752. The van der Waals surface area contributed by atoms with E-state index in [4.69, 9.17) is 9.26 Å². The van der Waals surface area contributed by atoms with Gasteiger partial charge in [-0.05, 0) is 55.8 Å². The molecule has 0 spiro atoms. The molecule has 3 aromatic rings. The summed E-state index contributed by atoms with van der Waals surface area (Å²) < 4.78 is 38.0. The molecule has 0 radical (unpaired) electrons. The van der Waals surface area contributed by atoms with E-state index in [0.717, 1.165) is 5.56 Å². The van der Waals surface area contributed by atoms with Crippen molar-refractivity contribution in [2.45, 2.75) is 18.7 Å². The number of nitrogens with one attached hydrogen (secondary N) is 1. The van der Waals surface area contributed by atoms with Gasteiger partial charge in [-0.1, -0.05) is 11.2 Å². The van der Waals surface area contributed by atoms with Gasteiger partial charge in [-0.15, -0.1) is 0 Å². The summed E-state index contributed by atoms with van der Waals surface area (Å²) in [5.74, 6) is 1.47. The standard InChI is InChI=1S/C17H17N3O4S/c1-11-9-15(7-8-16(11)23-3)25(21,22)20-14-6-4-5-13(10-14)17-18-12(2)19-24-17/h4-10,20H,1-3H3. The first-order valence-electron chi connectivity index (χ1n) is 7.47. The Bertz CT molecular complexity index is 1010. The van der Waals surface area contributed by atoms with Gasteiger partial charge in [0.1, 0.15) is 5.75 Å². The number of aryl methyl sites for hydroxylation is 2. The van der Waals surface area contributed by atoms with Gasteiger partial charge in [-0.2, -0.15) is 4.98 Å². The number of aromatic nitrogens is 2. The lowest BCUT2D eigenvalue weighted by Crippen LogP contribution is -2.13. The molecule has 2 aromatic carbocycles. The van der Waals surface area contributed by atoms with Crippen molar-refractivity contribution >= 4 is 15.7 Å². The van der Waals surface area contributed by atoms with Crippen molar-refractivity contribution in [2.75, 3.05) is 11.8 Å². The predicted octanol–water partition coefficient (Wildman–Crippen LogP) is 3.16. The number of benzene rings is 2. The predicted molar refractivity (Wildman–Crippen MR) is 93.0 cm³/mol. The molecule has 0 fully saturated rings. The van der Waals surface area contributed by atoms with E-state index in [1.165, 1.54) is 6.07 Å². The van der Waals surface area contributed by atoms with Crippen LogP contribution in [0.3, 0.4) is 0 Å². The zero-order valence-corrected chi connectivity index (χ0v) is 14.8. The number of hydrogen-bond donors (Lipinski definition) is 1. The normalized spacial score (nSPS) is 11.3. The van der Waals surface area contributed by atoms with Crippen LogP contribution >= 0.6 is 0 Å². The van der Waals surface area contributed by atoms with Crippen molar-refractivity contribution < 1.29 is 17.7 Å². The van der Waals surface area contributed by atoms with Crippen molar-refractivity contribution in [3.05, 3.63) is 53.9 Å². The van der Waals surface area contributed by atoms with Gasteiger partial charge in [-0.3, -0.25) is 4.72 Å². The van der Waals surface area contributed by atoms with E-state index in [-0.39, 0.29) is 4.90 Å². The molecule has 0 saturated carbocycles. The van der Waals surface area contributed by atoms with Crippen LogP contribution in [-0.2, 0) is 10.0 Å². The third kappa shape index (κ3) is 3.63. The second kappa shape index (κ2) is 6.56. The molecule has 0 saturated heterocycles. The van der Waals surface area contributed by atoms with Gasteiger partial charge in [0.25, 0.3) is 15.9 Å². The number of nitrogens with zero attached hydrogens (tertiary/aromatic N) is 2. The Balaban J connectivity index is 1.89. The number of hydrogen-bond acceptors (Lipinski definition) is 6. The van der Waals surface area contributed by atoms with E-state index in [1.807, 2.05) is 0 Å². The second-order valence-electron chi connectivity index (χ2n) is 5.46. The van der Waals surface area contributed by atoms with Crippen molar-refractivity contribution in [1.29, 1.82) is 0 Å². The fraction of sp³-hybridized carbons (Fsp3) is 0.176. The Morgan fingerprint density at radius 2 is 1.92 bits per heavy atom. The minimum absolute atomic E-state index is 0.157. The van der Waals surface area contributed by atoms with Gasteiger partial charge in [-0.25, -0.2) is 8.42 Å². The highest BCUT2D eigenvalue weighted by Crippen LogP contribution is 2.25. The molecule has 3 rings (SSSR count). The number of rotatable bonds is 5. The molecule has 0 bridgehead atoms. The van der Waals surface area contributed by atoms with Crippen LogP contribution < -0.4 is 9.46 Å². The number of sulfonamides is 1. The van der Waals surface area contributed by atoms with Crippen molar-refractivity contribution in [2.24, 2.45) is 0 Å². The summed E-state index contributed by atoms with van der Waals surface area (Å²) in [7, 11) is -2.19. The van der Waals surface area contributed by atoms with Crippen molar-refractivity contribution in [3.8, 4) is 17.2 Å². The highest BCUT2D eigenvalue weighted by Gasteiger charge is 2.16. The van der Waals surface area contributed by atoms with Crippen LogP contribution in [0.2, 0.25) is 0 Å². The lowest BCUT2D eigenvalue weighted by molar-refractivity contribution is 0.411. The van der Waals surface area contributed by atoms with E-state index in [9.17, 15) is 8.42 Å². The summed E-state index contributed by atoms with van der Waals surface area (Å²) in [6.45, 7) is 3.50. The molecular formula is C17H17N3O4S. The third-order valence-corrected chi connectivity index (χ3v) is 4.94. The van der Waals surface area contributed by atoms with Crippen LogP contribution in [-0.4, -0.2) is 25.7 Å². The van der Waals surface area contributed by atoms with Crippen molar-refractivity contribution in [1.82, 2.24) is 10.1 Å². The first-order chi connectivity index (χ1) is 11.9. The first kappa shape index (κ1) is 17.0. The van der Waals surface area contributed by atoms with E-state index >= 15 is 0 Å². The average molecular weight is 359 g/mol. The van der Waals surface area contributed by atoms with Gasteiger partial charge in [0, 0.05) is 11.3 Å². The van der Waals surface area contributed by atoms with Crippen LogP contribution in [0, 0.1) is 13.8 Å². The van der Waals surface area contributed by atoms with E-state index in [1.54, 1.807) is 57.4 Å². The molecule has 0 amide bonds. The highest BCUT2D eigenvalue weighted by atomic mass is 32.2. The lowest BCUT2D eigenvalue weighted by Gasteiger charge is -2.11. The summed E-state index contributed by atoms with van der Waals surface area (Å²) in [6.07, 6.45) is 0. The molecule has 0 aliphatic rings. The summed E-state index contributed by atoms with van der Waals surface area (Å²) >= 11 is 0. The summed E-state index contributed by atoms with van der Waals surface area (Å²) in [4.78, 5) is 4.30. The van der Waals surface area contributed by atoms with Gasteiger partial charge in [0.05, 0.1) is 12.0 Å². The van der Waals surface area contributed by atoms with E-state index in [0.29, 0.717) is 28.7 Å². The summed E-state index contributed by atoms with van der Waals surface area (Å²) in [6, 6.07) is 11.5. The Morgan fingerprint density at radius 3 is 2.56 bits per heavy atom. The molecule has 130 valence electrons. The smallest absolute Gasteiger partial charge is 0.261 e. The molecule has 0 atom stereocenters. The van der Waals surface area contributed by atoms with Crippen LogP contribution in [0.5, 0.6) is 5.75 Å². The van der Waals surface area contributed by atoms with E-state index in [2.05, 4.69) is 14.9 Å². The fourth-order valence-corrected chi connectivity index (χ4v) is 3.50. The Labute approximate surface area is 145 Å². The van der Waals surface area contributed by atoms with Crippen LogP contribution in [0.4, 0.5) is 5.69 Å². The Morgan fingerprint density at radius 1 is 1.12 bits per heavy atom. The van der Waals surface area contributed by atoms with Crippen LogP contribution in [0.25, 0.3) is 11.5 Å². The lowest BCUT2D eigenvalue weighted by atomic mass is 10.2. The molecule has 1 N–H and O–H groups in total. The minimum Gasteiger partial charge on any atom is -0.496 e. The van der Waals surface area contributed by atoms with Crippen molar-refractivity contribution in [3.63, 3.8) is 0 Å². The zero-order valence-electron chi connectivity index (χ0n) is 14.0. The first-order valence-corrected chi connectivity index (χ1v) is 8.95. The maximum absolute atomic E-state index is 12.6. The topological polar surface area (TPSA) is 94.3 Å². The highest BCUT2D eigenvalue weighted by molar-refractivity contribution is 7.92. The minimum atomic E-state index is -3.73. The Kier molecular flexibility index (Phi) is 4.45. The SMILES string of the molecule is COc1ccc(S(=O)(=O)Nc2cccc(-c3nc(C)no3)c2)cc1C. The molecule has 1 aromatic heterocycles. The molecule has 1 heterocycles. The monoisotopic (exact) mass is 359 g/mol. The summed E-state index contributed by atoms with van der Waals surface area (Å²) in [5, 5.41) is 3.73. The molecule has 7 nitrogen and oxygen atoms in total. The average Bonchev–Trinajstić information content (AvgIpc) is 3.01. The maximum atomic E-state index is 12.6. The van der Waals surface area contributed by atoms with Gasteiger partial charge in [0.2, 0.25) is 0 Å². The zero-order chi connectivity index (χ0) is 18.0. The van der Waals surface area contributed by atoms with Gasteiger partial charge < -0.3 is 9.26 Å². The number of anilines is 1. The molecule has 8 heteroatoms. The molecule has 25 heavy (non-hydrogen) atoms. The van der Waals surface area contributed by atoms with Gasteiger partial charge in [0.15, 0.2) is 5.82 Å². The largest absolute Gasteiger partial charge is 0.496 e. The molecular weight excluding hydrogens is 342 g/mol. The van der Waals surface area contributed by atoms with Crippen LogP contribution in [0.15, 0.2) is 51.9 Å². The molecule has 0 unspecified atom stereocenters. The second-order valence-corrected chi connectivity index (χ2v) is 7.15. The Hall–Kier alpha value is -2.87. The third-order valence-electron chi connectivity index (χ3n) is 3.57. The van der Waals surface area contributed by atoms with Gasteiger partial charge >= 0.3 is 0 Å². The summed E-state index contributed by atoms with van der Waals surface area (Å²) in [5.41, 5.74) is 1.77. The maximum Gasteiger partial charge on any atom is 0.261 e.